The van der Waals surface area contributed by atoms with Crippen LogP contribution in [0.4, 0.5) is 5.69 Å². The molecule has 5 nitrogen and oxygen atoms in total. The second-order valence-corrected chi connectivity index (χ2v) is 6.82. The van der Waals surface area contributed by atoms with Gasteiger partial charge in [-0.1, -0.05) is 36.0 Å². The molecule has 1 unspecified atom stereocenters. The molecule has 2 N–H and O–H groups in total. The van der Waals surface area contributed by atoms with E-state index in [0.29, 0.717) is 0 Å². The molecule has 1 aromatic carbocycles. The fourth-order valence-electron chi connectivity index (χ4n) is 2.16. The third kappa shape index (κ3) is 5.09. The quantitative estimate of drug-likeness (QED) is 0.791. The van der Waals surface area contributed by atoms with E-state index < -0.39 is 0 Å². The normalized spacial score (nSPS) is 11.6. The molecule has 0 aliphatic rings. The number of hydrogen-bond donors (Lipinski definition) is 2. The Balaban J connectivity index is 1.84. The van der Waals surface area contributed by atoms with Crippen LogP contribution >= 0.6 is 11.8 Å². The van der Waals surface area contributed by atoms with Crippen LogP contribution in [-0.2, 0) is 9.59 Å². The first kappa shape index (κ1) is 18.0. The number of nitrogens with one attached hydrogen (secondary N) is 2. The molecule has 0 saturated carbocycles. The number of anilines is 1. The zero-order valence-electron chi connectivity index (χ0n) is 14.0. The number of carbonyl (C=O) groups excluding carboxylic acids is 2. The average molecular weight is 343 g/mol. The molecule has 2 amide bonds. The van der Waals surface area contributed by atoms with Crippen molar-refractivity contribution in [2.24, 2.45) is 0 Å². The maximum atomic E-state index is 12.1. The number of pyridine rings is 1. The highest BCUT2D eigenvalue weighted by Gasteiger charge is 2.16. The van der Waals surface area contributed by atoms with Crippen LogP contribution in [0, 0.1) is 13.8 Å². The molecule has 0 radical (unpaired) electrons. The highest BCUT2D eigenvalue weighted by atomic mass is 32.2. The molecule has 2 aromatic rings. The van der Waals surface area contributed by atoms with Crippen molar-refractivity contribution in [3.05, 3.63) is 53.7 Å². The minimum Gasteiger partial charge on any atom is -0.346 e. The van der Waals surface area contributed by atoms with Gasteiger partial charge in [0.1, 0.15) is 0 Å². The Bertz CT molecular complexity index is 699. The van der Waals surface area contributed by atoms with E-state index in [0.717, 1.165) is 21.8 Å². The number of rotatable bonds is 6. The summed E-state index contributed by atoms with van der Waals surface area (Å²) in [4.78, 5) is 28.3. The molecule has 24 heavy (non-hydrogen) atoms. The van der Waals surface area contributed by atoms with Crippen molar-refractivity contribution in [1.82, 2.24) is 10.3 Å². The second kappa shape index (κ2) is 8.49. The summed E-state index contributed by atoms with van der Waals surface area (Å²) >= 11 is 1.36. The number of benzene rings is 1. The maximum absolute atomic E-state index is 12.1. The van der Waals surface area contributed by atoms with Crippen LogP contribution in [-0.4, -0.2) is 28.6 Å². The first-order chi connectivity index (χ1) is 11.5. The Morgan fingerprint density at radius 1 is 1.12 bits per heavy atom. The molecule has 1 heterocycles. The van der Waals surface area contributed by atoms with Gasteiger partial charge in [-0.25, -0.2) is 4.98 Å². The molecule has 126 valence electrons. The third-order valence-corrected chi connectivity index (χ3v) is 4.52. The van der Waals surface area contributed by atoms with E-state index in [-0.39, 0.29) is 23.6 Å². The van der Waals surface area contributed by atoms with Gasteiger partial charge in [0.05, 0.1) is 16.8 Å². The molecule has 0 aliphatic heterocycles. The lowest BCUT2D eigenvalue weighted by molar-refractivity contribution is -0.123. The van der Waals surface area contributed by atoms with Gasteiger partial charge < -0.3 is 10.6 Å². The van der Waals surface area contributed by atoms with E-state index in [1.54, 1.807) is 13.1 Å². The predicted octanol–water partition coefficient (Wildman–Crippen LogP) is 2.93. The SMILES string of the molecule is Cc1cccc(C)c1NC(=O)CNC(=O)C(C)Sc1ccccn1. The number of carbonyl (C=O) groups is 2. The van der Waals surface area contributed by atoms with Gasteiger partial charge in [-0.05, 0) is 44.0 Å². The van der Waals surface area contributed by atoms with Gasteiger partial charge in [-0.2, -0.15) is 0 Å². The summed E-state index contributed by atoms with van der Waals surface area (Å²) in [6, 6.07) is 11.4. The van der Waals surface area contributed by atoms with Gasteiger partial charge >= 0.3 is 0 Å². The van der Waals surface area contributed by atoms with E-state index in [1.165, 1.54) is 11.8 Å². The Kier molecular flexibility index (Phi) is 6.37. The zero-order chi connectivity index (χ0) is 17.5. The largest absolute Gasteiger partial charge is 0.346 e. The van der Waals surface area contributed by atoms with Gasteiger partial charge in [0.25, 0.3) is 0 Å². The molecule has 0 spiro atoms. The molecule has 0 bridgehead atoms. The number of thioether (sulfide) groups is 1. The number of para-hydroxylation sites is 1. The van der Waals surface area contributed by atoms with Crippen molar-refractivity contribution in [1.29, 1.82) is 0 Å². The molecule has 6 heteroatoms. The maximum Gasteiger partial charge on any atom is 0.243 e. The average Bonchev–Trinajstić information content (AvgIpc) is 2.57. The summed E-state index contributed by atoms with van der Waals surface area (Å²) in [6.07, 6.45) is 1.69. The minimum atomic E-state index is -0.326. The van der Waals surface area contributed by atoms with Gasteiger partial charge in [-0.15, -0.1) is 0 Å². The molecular formula is C18H21N3O2S. The Morgan fingerprint density at radius 2 is 1.83 bits per heavy atom. The lowest BCUT2D eigenvalue weighted by Crippen LogP contribution is -2.37. The smallest absolute Gasteiger partial charge is 0.243 e. The van der Waals surface area contributed by atoms with Gasteiger partial charge in [0.2, 0.25) is 11.8 Å². The van der Waals surface area contributed by atoms with E-state index >= 15 is 0 Å². The second-order valence-electron chi connectivity index (χ2n) is 5.46. The van der Waals surface area contributed by atoms with E-state index in [1.807, 2.05) is 50.2 Å². The van der Waals surface area contributed by atoms with E-state index in [2.05, 4.69) is 15.6 Å². The lowest BCUT2D eigenvalue weighted by Gasteiger charge is -2.13. The van der Waals surface area contributed by atoms with Crippen LogP contribution < -0.4 is 10.6 Å². The molecule has 0 saturated heterocycles. The lowest BCUT2D eigenvalue weighted by atomic mass is 10.1. The van der Waals surface area contributed by atoms with Crippen molar-refractivity contribution in [2.75, 3.05) is 11.9 Å². The minimum absolute atomic E-state index is 0.0558. The standard InChI is InChI=1S/C18H21N3O2S/c1-12-7-6-8-13(2)17(12)21-15(22)11-20-18(23)14(3)24-16-9-4-5-10-19-16/h4-10,14H,11H2,1-3H3,(H,20,23)(H,21,22). The number of amides is 2. The van der Waals surface area contributed by atoms with Crippen LogP contribution in [0.25, 0.3) is 0 Å². The fourth-order valence-corrected chi connectivity index (χ4v) is 2.99. The summed E-state index contributed by atoms with van der Waals surface area (Å²) in [5, 5.41) is 5.96. The van der Waals surface area contributed by atoms with E-state index in [9.17, 15) is 9.59 Å². The summed E-state index contributed by atoms with van der Waals surface area (Å²) in [7, 11) is 0. The summed E-state index contributed by atoms with van der Waals surface area (Å²) in [6.45, 7) is 5.61. The van der Waals surface area contributed by atoms with Crippen LogP contribution in [0.3, 0.4) is 0 Å². The molecule has 0 aliphatic carbocycles. The van der Waals surface area contributed by atoms with Crippen LogP contribution in [0.5, 0.6) is 0 Å². The monoisotopic (exact) mass is 343 g/mol. The van der Waals surface area contributed by atoms with Crippen molar-refractivity contribution in [3.63, 3.8) is 0 Å². The fraction of sp³-hybridized carbons (Fsp3) is 0.278. The molecule has 1 atom stereocenters. The first-order valence-electron chi connectivity index (χ1n) is 7.69. The van der Waals surface area contributed by atoms with Gasteiger partial charge in [0, 0.05) is 11.9 Å². The van der Waals surface area contributed by atoms with Crippen molar-refractivity contribution >= 4 is 29.3 Å². The number of aromatic nitrogens is 1. The van der Waals surface area contributed by atoms with Crippen molar-refractivity contribution in [3.8, 4) is 0 Å². The first-order valence-corrected chi connectivity index (χ1v) is 8.57. The number of nitrogens with zero attached hydrogens (tertiary/aromatic N) is 1. The Labute approximate surface area is 146 Å². The Morgan fingerprint density at radius 3 is 2.46 bits per heavy atom. The summed E-state index contributed by atoms with van der Waals surface area (Å²) < 4.78 is 0. The highest BCUT2D eigenvalue weighted by Crippen LogP contribution is 2.21. The molecule has 0 fully saturated rings. The van der Waals surface area contributed by atoms with Gasteiger partial charge in [0.15, 0.2) is 0 Å². The number of aryl methyl sites for hydroxylation is 2. The van der Waals surface area contributed by atoms with E-state index in [4.69, 9.17) is 0 Å². The van der Waals surface area contributed by atoms with Crippen molar-refractivity contribution in [2.45, 2.75) is 31.0 Å². The zero-order valence-corrected chi connectivity index (χ0v) is 14.8. The van der Waals surface area contributed by atoms with Crippen molar-refractivity contribution < 1.29 is 9.59 Å². The number of hydrogen-bond acceptors (Lipinski definition) is 4. The highest BCUT2D eigenvalue weighted by molar-refractivity contribution is 8.00. The van der Waals surface area contributed by atoms with Crippen LogP contribution in [0.1, 0.15) is 18.1 Å². The predicted molar refractivity (Wildman–Crippen MR) is 97.1 cm³/mol. The topological polar surface area (TPSA) is 71.1 Å². The Hall–Kier alpha value is -2.34. The molecular weight excluding hydrogens is 322 g/mol. The molecule has 2 rings (SSSR count). The third-order valence-electron chi connectivity index (χ3n) is 3.47. The van der Waals surface area contributed by atoms with Gasteiger partial charge in [-0.3, -0.25) is 9.59 Å². The summed E-state index contributed by atoms with van der Waals surface area (Å²) in [5.74, 6) is -0.432. The summed E-state index contributed by atoms with van der Waals surface area (Å²) in [5.41, 5.74) is 2.79. The molecule has 1 aromatic heterocycles. The van der Waals surface area contributed by atoms with Crippen LogP contribution in [0.2, 0.25) is 0 Å². The van der Waals surface area contributed by atoms with Crippen LogP contribution in [0.15, 0.2) is 47.6 Å².